The van der Waals surface area contributed by atoms with E-state index in [1.807, 2.05) is 13.8 Å². The first kappa shape index (κ1) is 20.0. The van der Waals surface area contributed by atoms with E-state index < -0.39 is 10.0 Å². The van der Waals surface area contributed by atoms with E-state index in [-0.39, 0.29) is 38.8 Å². The van der Waals surface area contributed by atoms with Crippen LogP contribution in [-0.2, 0) is 10.0 Å². The zero-order valence-corrected chi connectivity index (χ0v) is 15.9. The molecule has 0 spiro atoms. The highest BCUT2D eigenvalue weighted by Crippen LogP contribution is 2.37. The maximum absolute atomic E-state index is 12.9. The van der Waals surface area contributed by atoms with Gasteiger partial charge in [-0.15, -0.1) is 12.4 Å². The molecular formula is C14H21Cl3N2O2S. The second-order valence-electron chi connectivity index (χ2n) is 6.23. The number of benzene rings is 1. The first-order valence-electron chi connectivity index (χ1n) is 6.77. The Labute approximate surface area is 148 Å². The molecule has 126 valence electrons. The minimum absolute atomic E-state index is 0. The second-order valence-corrected chi connectivity index (χ2v) is 8.89. The van der Waals surface area contributed by atoms with Gasteiger partial charge in [-0.2, -0.15) is 4.31 Å². The number of nitrogens with zero attached hydrogens (tertiary/aromatic N) is 1. The topological polar surface area (TPSA) is 63.4 Å². The van der Waals surface area contributed by atoms with Crippen LogP contribution in [0.25, 0.3) is 0 Å². The highest BCUT2D eigenvalue weighted by molar-refractivity contribution is 7.89. The van der Waals surface area contributed by atoms with Gasteiger partial charge in [0.2, 0.25) is 10.0 Å². The average molecular weight is 388 g/mol. The summed E-state index contributed by atoms with van der Waals surface area (Å²) in [4.78, 5) is -0.00268. The molecule has 8 heteroatoms. The number of hydrogen-bond donors (Lipinski definition) is 1. The van der Waals surface area contributed by atoms with Crippen LogP contribution in [0.4, 0.5) is 0 Å². The van der Waals surface area contributed by atoms with Gasteiger partial charge in [0, 0.05) is 19.1 Å². The number of hydrogen-bond acceptors (Lipinski definition) is 3. The summed E-state index contributed by atoms with van der Waals surface area (Å²) in [6, 6.07) is 3.25. The van der Waals surface area contributed by atoms with Gasteiger partial charge < -0.3 is 5.73 Å². The summed E-state index contributed by atoms with van der Waals surface area (Å²) in [7, 11) is -3.73. The number of sulfonamides is 1. The molecule has 1 aromatic rings. The van der Waals surface area contributed by atoms with Crippen LogP contribution in [0.5, 0.6) is 0 Å². The molecule has 1 fully saturated rings. The molecule has 22 heavy (non-hydrogen) atoms. The second kappa shape index (κ2) is 6.83. The first-order chi connectivity index (χ1) is 9.57. The summed E-state index contributed by atoms with van der Waals surface area (Å²) >= 11 is 12.3. The molecule has 1 aliphatic rings. The number of halogens is 3. The van der Waals surface area contributed by atoms with Crippen molar-refractivity contribution in [2.45, 2.75) is 38.1 Å². The van der Waals surface area contributed by atoms with Crippen LogP contribution in [0.3, 0.4) is 0 Å². The summed E-state index contributed by atoms with van der Waals surface area (Å²) in [5.74, 6) is 0. The molecule has 1 aromatic carbocycles. The lowest BCUT2D eigenvalue weighted by Crippen LogP contribution is -2.53. The van der Waals surface area contributed by atoms with Crippen molar-refractivity contribution in [1.29, 1.82) is 0 Å². The van der Waals surface area contributed by atoms with Crippen LogP contribution in [-0.4, -0.2) is 31.9 Å². The Bertz CT molecular complexity index is 662. The molecule has 0 radical (unpaired) electrons. The molecule has 1 heterocycles. The van der Waals surface area contributed by atoms with E-state index in [0.29, 0.717) is 25.1 Å². The largest absolute Gasteiger partial charge is 0.327 e. The highest BCUT2D eigenvalue weighted by atomic mass is 35.5. The maximum Gasteiger partial charge on any atom is 0.246 e. The van der Waals surface area contributed by atoms with Crippen molar-refractivity contribution in [3.05, 3.63) is 27.7 Å². The zero-order valence-electron chi connectivity index (χ0n) is 12.8. The Morgan fingerprint density at radius 3 is 2.45 bits per heavy atom. The van der Waals surface area contributed by atoms with E-state index in [0.717, 1.165) is 0 Å². The van der Waals surface area contributed by atoms with Crippen molar-refractivity contribution in [3.8, 4) is 0 Å². The molecule has 1 atom stereocenters. The third kappa shape index (κ3) is 3.55. The fraction of sp³-hybridized carbons (Fsp3) is 0.571. The van der Waals surface area contributed by atoms with E-state index in [2.05, 4.69) is 0 Å². The highest BCUT2D eigenvalue weighted by Gasteiger charge is 2.40. The van der Waals surface area contributed by atoms with Gasteiger partial charge in [0.25, 0.3) is 0 Å². The third-order valence-electron chi connectivity index (χ3n) is 4.12. The molecule has 0 aliphatic carbocycles. The standard InChI is InChI=1S/C14H20Cl2N2O2S.ClH/c1-9-4-5-10(15)13(12(9)16)21(19,20)18-7-6-11(17)14(2,3)8-18;/h4-5,11H,6-8,17H2,1-3H3;1H. The SMILES string of the molecule is Cc1ccc(Cl)c(S(=O)(=O)N2CCC(N)C(C)(C)C2)c1Cl.Cl. The first-order valence-corrected chi connectivity index (χ1v) is 8.97. The van der Waals surface area contributed by atoms with Crippen LogP contribution in [0, 0.1) is 12.3 Å². The van der Waals surface area contributed by atoms with E-state index >= 15 is 0 Å². The summed E-state index contributed by atoms with van der Waals surface area (Å²) in [5, 5.41) is 0.341. The number of piperidine rings is 1. The summed E-state index contributed by atoms with van der Waals surface area (Å²) in [5.41, 5.74) is 6.47. The van der Waals surface area contributed by atoms with Crippen molar-refractivity contribution >= 4 is 45.6 Å². The van der Waals surface area contributed by atoms with Crippen LogP contribution in [0.2, 0.25) is 10.0 Å². The predicted molar refractivity (Wildman–Crippen MR) is 93.6 cm³/mol. The molecule has 0 aromatic heterocycles. The Morgan fingerprint density at radius 2 is 1.91 bits per heavy atom. The minimum Gasteiger partial charge on any atom is -0.327 e. The zero-order chi connectivity index (χ0) is 16.0. The van der Waals surface area contributed by atoms with E-state index in [1.54, 1.807) is 19.1 Å². The Kier molecular flexibility index (Phi) is 6.21. The molecule has 1 unspecified atom stereocenters. The van der Waals surface area contributed by atoms with Gasteiger partial charge in [-0.25, -0.2) is 8.42 Å². The van der Waals surface area contributed by atoms with Crippen LogP contribution in [0.15, 0.2) is 17.0 Å². The van der Waals surface area contributed by atoms with Crippen molar-refractivity contribution < 1.29 is 8.42 Å². The molecule has 1 aliphatic heterocycles. The summed E-state index contributed by atoms with van der Waals surface area (Å²) in [6.45, 7) is 6.44. The van der Waals surface area contributed by atoms with Crippen LogP contribution < -0.4 is 5.73 Å². The van der Waals surface area contributed by atoms with Gasteiger partial charge in [0.05, 0.1) is 10.0 Å². The van der Waals surface area contributed by atoms with E-state index in [1.165, 1.54) is 4.31 Å². The lowest BCUT2D eigenvalue weighted by atomic mass is 9.81. The summed E-state index contributed by atoms with van der Waals surface area (Å²) in [6.07, 6.45) is 0.618. The Hall–Kier alpha value is -0.0400. The average Bonchev–Trinajstić information content (AvgIpc) is 2.37. The van der Waals surface area contributed by atoms with Crippen molar-refractivity contribution in [2.24, 2.45) is 11.1 Å². The van der Waals surface area contributed by atoms with E-state index in [4.69, 9.17) is 28.9 Å². The monoisotopic (exact) mass is 386 g/mol. The molecule has 2 N–H and O–H groups in total. The normalized spacial score (nSPS) is 22.2. The Morgan fingerprint density at radius 1 is 1.32 bits per heavy atom. The molecule has 2 rings (SSSR count). The molecule has 0 bridgehead atoms. The Balaban J connectivity index is 0.00000242. The number of rotatable bonds is 2. The fourth-order valence-corrected chi connectivity index (χ4v) is 5.29. The predicted octanol–water partition coefficient (Wildman–Crippen LogP) is 3.47. The third-order valence-corrected chi connectivity index (χ3v) is 7.07. The maximum atomic E-state index is 12.9. The molecule has 4 nitrogen and oxygen atoms in total. The molecule has 0 amide bonds. The summed E-state index contributed by atoms with van der Waals surface area (Å²) < 4.78 is 27.2. The van der Waals surface area contributed by atoms with Crippen LogP contribution >= 0.6 is 35.6 Å². The number of aryl methyl sites for hydroxylation is 1. The lowest BCUT2D eigenvalue weighted by Gasteiger charge is -2.41. The van der Waals surface area contributed by atoms with E-state index in [9.17, 15) is 8.42 Å². The fourth-order valence-electron chi connectivity index (χ4n) is 2.53. The van der Waals surface area contributed by atoms with Gasteiger partial charge in [-0.1, -0.05) is 43.1 Å². The van der Waals surface area contributed by atoms with Gasteiger partial charge in [0.15, 0.2) is 0 Å². The lowest BCUT2D eigenvalue weighted by molar-refractivity contribution is 0.155. The quantitative estimate of drug-likeness (QED) is 0.845. The van der Waals surface area contributed by atoms with Gasteiger partial charge in [-0.3, -0.25) is 0 Å². The minimum atomic E-state index is -3.73. The molecule has 0 saturated carbocycles. The molecule has 1 saturated heterocycles. The van der Waals surface area contributed by atoms with Crippen molar-refractivity contribution in [1.82, 2.24) is 4.31 Å². The van der Waals surface area contributed by atoms with Gasteiger partial charge in [0.1, 0.15) is 4.90 Å². The van der Waals surface area contributed by atoms with Crippen molar-refractivity contribution in [2.75, 3.05) is 13.1 Å². The van der Waals surface area contributed by atoms with Crippen LogP contribution in [0.1, 0.15) is 25.8 Å². The van der Waals surface area contributed by atoms with Crippen molar-refractivity contribution in [3.63, 3.8) is 0 Å². The van der Waals surface area contributed by atoms with Gasteiger partial charge in [-0.05, 0) is 30.4 Å². The molecular weight excluding hydrogens is 367 g/mol. The smallest absolute Gasteiger partial charge is 0.246 e. The van der Waals surface area contributed by atoms with Gasteiger partial charge >= 0.3 is 0 Å². The number of nitrogens with two attached hydrogens (primary N) is 1.